The molecular formula is C18H14BrClN2O3. The SMILES string of the molecule is CC(=O)Nc1ccc(NC(=O)c2oc3ccc(Br)cc3c2C)c(Cl)c1. The van der Waals surface area contributed by atoms with Gasteiger partial charge in [-0.3, -0.25) is 9.59 Å². The maximum absolute atomic E-state index is 12.6. The minimum absolute atomic E-state index is 0.197. The van der Waals surface area contributed by atoms with Crippen LogP contribution in [0, 0.1) is 6.92 Å². The van der Waals surface area contributed by atoms with Gasteiger partial charge in [-0.25, -0.2) is 0 Å². The molecule has 0 aliphatic heterocycles. The summed E-state index contributed by atoms with van der Waals surface area (Å²) < 4.78 is 6.58. The lowest BCUT2D eigenvalue weighted by atomic mass is 10.1. The van der Waals surface area contributed by atoms with Crippen LogP contribution in [0.25, 0.3) is 11.0 Å². The molecule has 0 aliphatic rings. The molecule has 2 aromatic carbocycles. The lowest BCUT2D eigenvalue weighted by Crippen LogP contribution is -2.13. The third kappa shape index (κ3) is 3.70. The van der Waals surface area contributed by atoms with Crippen LogP contribution in [0.3, 0.4) is 0 Å². The summed E-state index contributed by atoms with van der Waals surface area (Å²) >= 11 is 9.59. The Hall–Kier alpha value is -2.31. The highest BCUT2D eigenvalue weighted by Crippen LogP contribution is 2.30. The molecule has 0 saturated heterocycles. The zero-order valence-electron chi connectivity index (χ0n) is 13.4. The maximum atomic E-state index is 12.6. The van der Waals surface area contributed by atoms with Crippen LogP contribution >= 0.6 is 27.5 Å². The quantitative estimate of drug-likeness (QED) is 0.597. The molecule has 0 atom stereocenters. The Morgan fingerprint density at radius 1 is 1.12 bits per heavy atom. The van der Waals surface area contributed by atoms with Gasteiger partial charge in [0.25, 0.3) is 5.91 Å². The molecule has 0 unspecified atom stereocenters. The van der Waals surface area contributed by atoms with E-state index in [1.54, 1.807) is 24.3 Å². The van der Waals surface area contributed by atoms with E-state index in [2.05, 4.69) is 26.6 Å². The first kappa shape index (κ1) is 17.5. The number of hydrogen-bond acceptors (Lipinski definition) is 3. The second-order valence-corrected chi connectivity index (χ2v) is 6.85. The van der Waals surface area contributed by atoms with E-state index in [-0.39, 0.29) is 17.6 Å². The van der Waals surface area contributed by atoms with Gasteiger partial charge in [0.2, 0.25) is 5.91 Å². The van der Waals surface area contributed by atoms with Gasteiger partial charge in [-0.05, 0) is 43.3 Å². The molecule has 0 saturated carbocycles. The Kier molecular flexibility index (Phi) is 4.83. The number of benzene rings is 2. The molecule has 128 valence electrons. The Labute approximate surface area is 157 Å². The Morgan fingerprint density at radius 2 is 1.88 bits per heavy atom. The fourth-order valence-electron chi connectivity index (χ4n) is 2.49. The van der Waals surface area contributed by atoms with Crippen molar-refractivity contribution in [2.24, 2.45) is 0 Å². The summed E-state index contributed by atoms with van der Waals surface area (Å²) in [4.78, 5) is 23.6. The zero-order chi connectivity index (χ0) is 18.1. The van der Waals surface area contributed by atoms with Crippen LogP contribution in [0.4, 0.5) is 11.4 Å². The fourth-order valence-corrected chi connectivity index (χ4v) is 3.08. The topological polar surface area (TPSA) is 71.3 Å². The maximum Gasteiger partial charge on any atom is 0.291 e. The lowest BCUT2D eigenvalue weighted by molar-refractivity contribution is -0.114. The minimum atomic E-state index is -0.390. The van der Waals surface area contributed by atoms with E-state index in [4.69, 9.17) is 16.0 Å². The first-order valence-corrected chi connectivity index (χ1v) is 8.59. The molecule has 1 heterocycles. The van der Waals surface area contributed by atoms with Crippen LogP contribution in [0.2, 0.25) is 5.02 Å². The smallest absolute Gasteiger partial charge is 0.291 e. The second kappa shape index (κ2) is 6.90. The van der Waals surface area contributed by atoms with Gasteiger partial charge in [0.1, 0.15) is 5.58 Å². The molecule has 0 aliphatic carbocycles. The van der Waals surface area contributed by atoms with Crippen molar-refractivity contribution in [3.05, 3.63) is 57.2 Å². The first-order chi connectivity index (χ1) is 11.8. The third-order valence-corrected chi connectivity index (χ3v) is 4.45. The van der Waals surface area contributed by atoms with E-state index in [0.29, 0.717) is 22.0 Å². The number of carbonyl (C=O) groups is 2. The van der Waals surface area contributed by atoms with Crippen LogP contribution in [-0.4, -0.2) is 11.8 Å². The van der Waals surface area contributed by atoms with Gasteiger partial charge >= 0.3 is 0 Å². The summed E-state index contributed by atoms with van der Waals surface area (Å²) in [6.07, 6.45) is 0. The van der Waals surface area contributed by atoms with Crippen molar-refractivity contribution in [3.8, 4) is 0 Å². The monoisotopic (exact) mass is 420 g/mol. The molecule has 25 heavy (non-hydrogen) atoms. The van der Waals surface area contributed by atoms with Gasteiger partial charge in [-0.2, -0.15) is 0 Å². The van der Waals surface area contributed by atoms with Crippen molar-refractivity contribution in [1.29, 1.82) is 0 Å². The number of carbonyl (C=O) groups excluding carboxylic acids is 2. The van der Waals surface area contributed by atoms with Crippen molar-refractivity contribution in [3.63, 3.8) is 0 Å². The van der Waals surface area contributed by atoms with Crippen molar-refractivity contribution in [2.75, 3.05) is 10.6 Å². The standard InChI is InChI=1S/C18H14BrClN2O3/c1-9-13-7-11(19)3-6-16(13)25-17(9)18(24)22-15-5-4-12(8-14(15)20)21-10(2)23/h3-8H,1-2H3,(H,21,23)(H,22,24). The number of rotatable bonds is 3. The number of fused-ring (bicyclic) bond motifs is 1. The van der Waals surface area contributed by atoms with Crippen LogP contribution < -0.4 is 10.6 Å². The fraction of sp³-hybridized carbons (Fsp3) is 0.111. The molecule has 5 nitrogen and oxygen atoms in total. The third-order valence-electron chi connectivity index (χ3n) is 3.64. The average molecular weight is 422 g/mol. The van der Waals surface area contributed by atoms with E-state index >= 15 is 0 Å². The van der Waals surface area contributed by atoms with Gasteiger partial charge < -0.3 is 15.1 Å². The van der Waals surface area contributed by atoms with E-state index in [9.17, 15) is 9.59 Å². The Bertz CT molecular complexity index is 997. The molecule has 3 aromatic rings. The Balaban J connectivity index is 1.87. The molecule has 7 heteroatoms. The normalized spacial score (nSPS) is 10.7. The number of anilines is 2. The predicted octanol–water partition coefficient (Wildman–Crippen LogP) is 5.37. The van der Waals surface area contributed by atoms with Crippen molar-refractivity contribution < 1.29 is 14.0 Å². The molecule has 0 radical (unpaired) electrons. The number of halogens is 2. The summed E-state index contributed by atoms with van der Waals surface area (Å²) in [5.74, 6) is -0.356. The molecule has 3 rings (SSSR count). The van der Waals surface area contributed by atoms with E-state index in [1.165, 1.54) is 6.92 Å². The van der Waals surface area contributed by atoms with Crippen LogP contribution in [0.15, 0.2) is 45.3 Å². The largest absolute Gasteiger partial charge is 0.451 e. The van der Waals surface area contributed by atoms with Crippen LogP contribution in [0.1, 0.15) is 23.0 Å². The van der Waals surface area contributed by atoms with Crippen LogP contribution in [-0.2, 0) is 4.79 Å². The zero-order valence-corrected chi connectivity index (χ0v) is 15.8. The molecule has 0 fully saturated rings. The van der Waals surface area contributed by atoms with Gasteiger partial charge in [0.05, 0.1) is 10.7 Å². The summed E-state index contributed by atoms with van der Waals surface area (Å²) in [6.45, 7) is 3.24. The van der Waals surface area contributed by atoms with Crippen molar-refractivity contribution in [2.45, 2.75) is 13.8 Å². The number of furan rings is 1. The van der Waals surface area contributed by atoms with E-state index in [1.807, 2.05) is 19.1 Å². The lowest BCUT2D eigenvalue weighted by Gasteiger charge is -2.08. The van der Waals surface area contributed by atoms with Gasteiger partial charge in [0.15, 0.2) is 5.76 Å². The molecular weight excluding hydrogens is 408 g/mol. The number of amides is 2. The molecule has 0 spiro atoms. The number of aryl methyl sites for hydroxylation is 1. The highest BCUT2D eigenvalue weighted by molar-refractivity contribution is 9.10. The second-order valence-electron chi connectivity index (χ2n) is 5.53. The minimum Gasteiger partial charge on any atom is -0.451 e. The van der Waals surface area contributed by atoms with Crippen molar-refractivity contribution >= 4 is 61.7 Å². The number of nitrogens with one attached hydrogen (secondary N) is 2. The highest BCUT2D eigenvalue weighted by Gasteiger charge is 2.19. The highest BCUT2D eigenvalue weighted by atomic mass is 79.9. The molecule has 2 N–H and O–H groups in total. The average Bonchev–Trinajstić information content (AvgIpc) is 2.86. The first-order valence-electron chi connectivity index (χ1n) is 7.42. The van der Waals surface area contributed by atoms with Gasteiger partial charge in [-0.1, -0.05) is 27.5 Å². The van der Waals surface area contributed by atoms with Gasteiger partial charge in [-0.15, -0.1) is 0 Å². The van der Waals surface area contributed by atoms with E-state index < -0.39 is 0 Å². The molecule has 1 aromatic heterocycles. The van der Waals surface area contributed by atoms with Crippen molar-refractivity contribution in [1.82, 2.24) is 0 Å². The predicted molar refractivity (Wildman–Crippen MR) is 102 cm³/mol. The summed E-state index contributed by atoms with van der Waals surface area (Å²) in [7, 11) is 0. The van der Waals surface area contributed by atoms with E-state index in [0.717, 1.165) is 15.4 Å². The van der Waals surface area contributed by atoms with Crippen LogP contribution in [0.5, 0.6) is 0 Å². The summed E-state index contributed by atoms with van der Waals surface area (Å²) in [6, 6.07) is 10.4. The van der Waals surface area contributed by atoms with Gasteiger partial charge in [0, 0.05) is 28.0 Å². The number of hydrogen-bond donors (Lipinski definition) is 2. The molecule has 0 bridgehead atoms. The Morgan fingerprint density at radius 3 is 2.56 bits per heavy atom. The summed E-state index contributed by atoms with van der Waals surface area (Å²) in [5, 5.41) is 6.55. The summed E-state index contributed by atoms with van der Waals surface area (Å²) in [5.41, 5.74) is 2.37. The molecule has 2 amide bonds.